The van der Waals surface area contributed by atoms with Crippen LogP contribution in [0.4, 0.5) is 5.69 Å². The van der Waals surface area contributed by atoms with E-state index in [0.717, 1.165) is 33.6 Å². The molecule has 2 aromatic carbocycles. The summed E-state index contributed by atoms with van der Waals surface area (Å²) in [5.41, 5.74) is 6.48. The van der Waals surface area contributed by atoms with Gasteiger partial charge in [-0.05, 0) is 35.9 Å². The van der Waals surface area contributed by atoms with E-state index in [1.807, 2.05) is 30.5 Å². The highest BCUT2D eigenvalue weighted by molar-refractivity contribution is 5.85. The molecular weight excluding hydrogens is 318 g/mol. The Hall–Kier alpha value is -3.46. The fourth-order valence-electron chi connectivity index (χ4n) is 3.60. The van der Waals surface area contributed by atoms with Crippen molar-refractivity contribution in [2.45, 2.75) is 5.92 Å². The van der Waals surface area contributed by atoms with Crippen molar-refractivity contribution in [1.29, 1.82) is 0 Å². The molecule has 1 N–H and O–H groups in total. The van der Waals surface area contributed by atoms with Gasteiger partial charge in [-0.15, -0.1) is 0 Å². The lowest BCUT2D eigenvalue weighted by atomic mass is 9.83. The van der Waals surface area contributed by atoms with Crippen molar-refractivity contribution < 1.29 is 0 Å². The first kappa shape index (κ1) is 14.8. The number of allylic oxidation sites excluding steroid dienone is 1. The van der Waals surface area contributed by atoms with Crippen molar-refractivity contribution >= 4 is 22.2 Å². The standard InChI is InChI=1S/C23H17N3/c1-3-9-19-16(7-1)12-13-21(26-19)18-15-25-20-10-4-2-8-17(20)23(18)22-11-5-6-14-24-22/h1-15,23,25H. The number of nitrogens with one attached hydrogen (secondary N) is 1. The molecule has 2 aromatic heterocycles. The number of para-hydroxylation sites is 2. The van der Waals surface area contributed by atoms with Gasteiger partial charge in [-0.2, -0.15) is 0 Å². The van der Waals surface area contributed by atoms with E-state index in [4.69, 9.17) is 4.98 Å². The quantitative estimate of drug-likeness (QED) is 0.545. The number of nitrogens with zero attached hydrogens (tertiary/aromatic N) is 2. The van der Waals surface area contributed by atoms with Crippen LogP contribution in [-0.4, -0.2) is 9.97 Å². The van der Waals surface area contributed by atoms with Crippen LogP contribution in [0, 0.1) is 0 Å². The average molecular weight is 335 g/mol. The molecule has 1 aliphatic heterocycles. The highest BCUT2D eigenvalue weighted by atomic mass is 14.9. The molecule has 0 spiro atoms. The Bertz CT molecular complexity index is 1120. The number of aromatic nitrogens is 2. The molecule has 0 aliphatic carbocycles. The van der Waals surface area contributed by atoms with E-state index in [0.29, 0.717) is 0 Å². The molecule has 0 amide bonds. The Labute approximate surface area is 152 Å². The molecule has 1 atom stereocenters. The summed E-state index contributed by atoms with van der Waals surface area (Å²) in [5.74, 6) is 0.0577. The smallest absolute Gasteiger partial charge is 0.0709 e. The Balaban J connectivity index is 1.70. The summed E-state index contributed by atoms with van der Waals surface area (Å²) >= 11 is 0. The van der Waals surface area contributed by atoms with Crippen LogP contribution in [0.3, 0.4) is 0 Å². The first-order chi connectivity index (χ1) is 12.9. The molecule has 0 radical (unpaired) electrons. The molecule has 3 heterocycles. The van der Waals surface area contributed by atoms with Crippen LogP contribution in [0.2, 0.25) is 0 Å². The molecule has 3 heteroatoms. The fourth-order valence-corrected chi connectivity index (χ4v) is 3.60. The topological polar surface area (TPSA) is 37.8 Å². The SMILES string of the molecule is C1=C(c2ccc3ccccc3n2)C(c2ccccn2)c2ccccc2N1. The third-order valence-electron chi connectivity index (χ3n) is 4.84. The minimum Gasteiger partial charge on any atom is -0.361 e. The van der Waals surface area contributed by atoms with Crippen molar-refractivity contribution in [2.75, 3.05) is 5.32 Å². The highest BCUT2D eigenvalue weighted by Crippen LogP contribution is 2.42. The first-order valence-corrected chi connectivity index (χ1v) is 8.73. The zero-order chi connectivity index (χ0) is 17.3. The lowest BCUT2D eigenvalue weighted by Crippen LogP contribution is -2.14. The minimum absolute atomic E-state index is 0.0577. The fraction of sp³-hybridized carbons (Fsp3) is 0.0435. The van der Waals surface area contributed by atoms with E-state index < -0.39 is 0 Å². The normalized spacial score (nSPS) is 15.8. The zero-order valence-corrected chi connectivity index (χ0v) is 14.1. The predicted octanol–water partition coefficient (Wildman–Crippen LogP) is 5.23. The monoisotopic (exact) mass is 335 g/mol. The van der Waals surface area contributed by atoms with Crippen LogP contribution in [-0.2, 0) is 0 Å². The average Bonchev–Trinajstić information content (AvgIpc) is 2.73. The van der Waals surface area contributed by atoms with Crippen molar-refractivity contribution in [3.8, 4) is 0 Å². The molecule has 26 heavy (non-hydrogen) atoms. The second kappa shape index (κ2) is 6.12. The Morgan fingerprint density at radius 2 is 1.62 bits per heavy atom. The van der Waals surface area contributed by atoms with Gasteiger partial charge >= 0.3 is 0 Å². The predicted molar refractivity (Wildman–Crippen MR) is 106 cm³/mol. The maximum absolute atomic E-state index is 4.91. The second-order valence-electron chi connectivity index (χ2n) is 6.41. The number of hydrogen-bond acceptors (Lipinski definition) is 3. The molecule has 3 nitrogen and oxygen atoms in total. The van der Waals surface area contributed by atoms with E-state index in [-0.39, 0.29) is 5.92 Å². The summed E-state index contributed by atoms with van der Waals surface area (Å²) in [6.07, 6.45) is 3.92. The molecule has 0 fully saturated rings. The highest BCUT2D eigenvalue weighted by Gasteiger charge is 2.27. The number of rotatable bonds is 2. The number of fused-ring (bicyclic) bond motifs is 2. The lowest BCUT2D eigenvalue weighted by molar-refractivity contribution is 0.955. The van der Waals surface area contributed by atoms with Gasteiger partial charge in [0.2, 0.25) is 0 Å². The van der Waals surface area contributed by atoms with Crippen molar-refractivity contribution in [2.24, 2.45) is 0 Å². The van der Waals surface area contributed by atoms with Gasteiger partial charge in [-0.25, -0.2) is 4.98 Å². The summed E-state index contributed by atoms with van der Waals surface area (Å²) in [4.78, 5) is 9.55. The van der Waals surface area contributed by atoms with Crippen molar-refractivity contribution in [3.63, 3.8) is 0 Å². The van der Waals surface area contributed by atoms with E-state index in [1.54, 1.807) is 0 Å². The van der Waals surface area contributed by atoms with Gasteiger partial charge in [0.25, 0.3) is 0 Å². The summed E-state index contributed by atoms with van der Waals surface area (Å²) in [6, 6.07) is 26.9. The largest absolute Gasteiger partial charge is 0.361 e. The Morgan fingerprint density at radius 1 is 0.769 bits per heavy atom. The van der Waals surface area contributed by atoms with Crippen molar-refractivity contribution in [1.82, 2.24) is 9.97 Å². The Kier molecular flexibility index (Phi) is 3.49. The van der Waals surface area contributed by atoms with Gasteiger partial charge in [0.15, 0.2) is 0 Å². The molecule has 0 bridgehead atoms. The van der Waals surface area contributed by atoms with Crippen molar-refractivity contribution in [3.05, 3.63) is 108 Å². The van der Waals surface area contributed by atoms with Gasteiger partial charge in [-0.3, -0.25) is 4.98 Å². The molecular formula is C23H17N3. The number of pyridine rings is 2. The number of anilines is 1. The summed E-state index contributed by atoms with van der Waals surface area (Å²) in [6.45, 7) is 0. The van der Waals surface area contributed by atoms with E-state index in [2.05, 4.69) is 71.1 Å². The first-order valence-electron chi connectivity index (χ1n) is 8.73. The molecule has 4 aromatic rings. The third kappa shape index (κ3) is 2.45. The molecule has 124 valence electrons. The van der Waals surface area contributed by atoms with Crippen LogP contribution in [0.25, 0.3) is 16.5 Å². The van der Waals surface area contributed by atoms with Gasteiger partial charge in [0, 0.05) is 29.0 Å². The summed E-state index contributed by atoms with van der Waals surface area (Å²) in [5, 5.41) is 4.58. The van der Waals surface area contributed by atoms with Gasteiger partial charge in [-0.1, -0.05) is 48.5 Å². The molecule has 1 unspecified atom stereocenters. The van der Waals surface area contributed by atoms with E-state index in [9.17, 15) is 0 Å². The van der Waals surface area contributed by atoms with E-state index >= 15 is 0 Å². The summed E-state index contributed by atoms with van der Waals surface area (Å²) in [7, 11) is 0. The minimum atomic E-state index is 0.0577. The van der Waals surface area contributed by atoms with Gasteiger partial charge in [0.1, 0.15) is 0 Å². The second-order valence-corrected chi connectivity index (χ2v) is 6.41. The number of benzene rings is 2. The van der Waals surface area contributed by atoms with Gasteiger partial charge in [0.05, 0.1) is 22.8 Å². The Morgan fingerprint density at radius 3 is 2.54 bits per heavy atom. The zero-order valence-electron chi connectivity index (χ0n) is 14.1. The van der Waals surface area contributed by atoms with Crippen LogP contribution < -0.4 is 5.32 Å². The summed E-state index contributed by atoms with van der Waals surface area (Å²) < 4.78 is 0. The lowest BCUT2D eigenvalue weighted by Gasteiger charge is -2.27. The van der Waals surface area contributed by atoms with Crippen LogP contribution in [0.1, 0.15) is 22.9 Å². The van der Waals surface area contributed by atoms with Crippen LogP contribution in [0.15, 0.2) is 91.3 Å². The number of hydrogen-bond donors (Lipinski definition) is 1. The molecule has 1 aliphatic rings. The van der Waals surface area contributed by atoms with E-state index in [1.165, 1.54) is 5.56 Å². The maximum atomic E-state index is 4.91. The van der Waals surface area contributed by atoms with Crippen LogP contribution >= 0.6 is 0 Å². The molecule has 0 saturated heterocycles. The van der Waals surface area contributed by atoms with Crippen LogP contribution in [0.5, 0.6) is 0 Å². The third-order valence-corrected chi connectivity index (χ3v) is 4.84. The molecule has 5 rings (SSSR count). The maximum Gasteiger partial charge on any atom is 0.0709 e. The van der Waals surface area contributed by atoms with Gasteiger partial charge < -0.3 is 5.32 Å². The molecule has 0 saturated carbocycles.